The van der Waals surface area contributed by atoms with Gasteiger partial charge in [0, 0.05) is 18.7 Å². The van der Waals surface area contributed by atoms with Crippen LogP contribution in [0.4, 0.5) is 5.00 Å². The number of carbonyl (C=O) groups is 1. The molecule has 1 unspecified atom stereocenters. The summed E-state index contributed by atoms with van der Waals surface area (Å²) in [7, 11) is 0. The normalized spacial score (nSPS) is 29.2. The Morgan fingerprint density at radius 2 is 2.16 bits per heavy atom. The van der Waals surface area contributed by atoms with Gasteiger partial charge in [-0.05, 0) is 37.9 Å². The van der Waals surface area contributed by atoms with Crippen LogP contribution in [0.15, 0.2) is 12.1 Å². The number of amides is 1. The minimum absolute atomic E-state index is 0.0130. The van der Waals surface area contributed by atoms with Crippen molar-refractivity contribution in [3.63, 3.8) is 0 Å². The predicted molar refractivity (Wildman–Crippen MR) is 71.4 cm³/mol. The molecule has 0 saturated carbocycles. The van der Waals surface area contributed by atoms with Crippen LogP contribution in [0.2, 0.25) is 0 Å². The Balaban J connectivity index is 1.66. The Hall–Kier alpha value is -1.47. The molecule has 4 heterocycles. The molecule has 3 saturated heterocycles. The average molecular weight is 281 g/mol. The first kappa shape index (κ1) is 12.6. The van der Waals surface area contributed by atoms with Gasteiger partial charge in [-0.15, -0.1) is 0 Å². The number of nitrogens with one attached hydrogen (secondary N) is 1. The molecule has 1 amide bonds. The Bertz CT molecular complexity index is 508. The summed E-state index contributed by atoms with van der Waals surface area (Å²) in [4.78, 5) is 25.0. The summed E-state index contributed by atoms with van der Waals surface area (Å²) >= 11 is 0.933. The summed E-state index contributed by atoms with van der Waals surface area (Å²) < 4.78 is 0. The molecule has 1 aromatic rings. The molecule has 19 heavy (non-hydrogen) atoms. The Morgan fingerprint density at radius 3 is 2.68 bits per heavy atom. The van der Waals surface area contributed by atoms with Crippen molar-refractivity contribution in [2.45, 2.75) is 18.9 Å². The van der Waals surface area contributed by atoms with Crippen LogP contribution in [0.3, 0.4) is 0 Å². The van der Waals surface area contributed by atoms with E-state index in [1.54, 1.807) is 0 Å². The zero-order chi connectivity index (χ0) is 13.4. The molecule has 0 aromatic carbocycles. The van der Waals surface area contributed by atoms with Crippen molar-refractivity contribution in [3.8, 4) is 0 Å². The van der Waals surface area contributed by atoms with Gasteiger partial charge in [-0.25, -0.2) is 0 Å². The molecule has 1 aromatic heterocycles. The van der Waals surface area contributed by atoms with E-state index in [-0.39, 0.29) is 17.0 Å². The van der Waals surface area contributed by atoms with E-state index in [4.69, 9.17) is 0 Å². The first-order valence-corrected chi connectivity index (χ1v) is 7.22. The Labute approximate surface area is 114 Å². The molecule has 0 radical (unpaired) electrons. The lowest BCUT2D eigenvalue weighted by Crippen LogP contribution is -2.57. The average Bonchev–Trinajstić information content (AvgIpc) is 2.90. The predicted octanol–water partition coefficient (Wildman–Crippen LogP) is 1.48. The second-order valence-corrected chi connectivity index (χ2v) is 6.18. The summed E-state index contributed by atoms with van der Waals surface area (Å²) in [5.74, 6) is 0.376. The number of nitro groups is 1. The molecule has 3 fully saturated rings. The highest BCUT2D eigenvalue weighted by atomic mass is 32.1. The van der Waals surface area contributed by atoms with Gasteiger partial charge < -0.3 is 10.2 Å². The van der Waals surface area contributed by atoms with Crippen LogP contribution in [0.1, 0.15) is 22.5 Å². The second-order valence-electron chi connectivity index (χ2n) is 5.11. The largest absolute Gasteiger partial charge is 0.347 e. The van der Waals surface area contributed by atoms with Crippen molar-refractivity contribution in [1.29, 1.82) is 0 Å². The van der Waals surface area contributed by atoms with E-state index in [9.17, 15) is 14.9 Å². The molecule has 6 nitrogen and oxygen atoms in total. The molecule has 0 spiro atoms. The van der Waals surface area contributed by atoms with Crippen LogP contribution in [-0.4, -0.2) is 41.4 Å². The molecule has 4 rings (SSSR count). The molecule has 3 aliphatic heterocycles. The van der Waals surface area contributed by atoms with Crippen molar-refractivity contribution in [1.82, 2.24) is 10.2 Å². The smallest absolute Gasteiger partial charge is 0.324 e. The molecular formula is C12H15N3O3S. The third kappa shape index (κ3) is 2.48. The number of nitrogens with zero attached hydrogens (tertiary/aromatic N) is 2. The topological polar surface area (TPSA) is 75.5 Å². The molecular weight excluding hydrogens is 266 g/mol. The van der Waals surface area contributed by atoms with Crippen molar-refractivity contribution < 1.29 is 9.72 Å². The zero-order valence-electron chi connectivity index (χ0n) is 10.4. The van der Waals surface area contributed by atoms with Crippen LogP contribution >= 0.6 is 11.3 Å². The van der Waals surface area contributed by atoms with Gasteiger partial charge in [0.05, 0.1) is 9.80 Å². The SMILES string of the molecule is O=C(NC1CN2CCC1CC2)c1ccc([N+](=O)[O-])s1. The molecule has 1 N–H and O–H groups in total. The Kier molecular flexibility index (Phi) is 3.24. The zero-order valence-corrected chi connectivity index (χ0v) is 11.2. The highest BCUT2D eigenvalue weighted by molar-refractivity contribution is 7.17. The minimum atomic E-state index is -0.463. The first-order valence-electron chi connectivity index (χ1n) is 6.41. The van der Waals surface area contributed by atoms with Gasteiger partial charge in [0.25, 0.3) is 5.91 Å². The van der Waals surface area contributed by atoms with Gasteiger partial charge in [0.2, 0.25) is 0 Å². The lowest BCUT2D eigenvalue weighted by atomic mass is 9.84. The number of thiophene rings is 1. The fourth-order valence-electron chi connectivity index (χ4n) is 2.92. The Morgan fingerprint density at radius 1 is 1.42 bits per heavy atom. The third-order valence-electron chi connectivity index (χ3n) is 3.97. The highest BCUT2D eigenvalue weighted by Gasteiger charge is 2.35. The van der Waals surface area contributed by atoms with Crippen LogP contribution in [0, 0.1) is 16.0 Å². The first-order chi connectivity index (χ1) is 9.13. The summed E-state index contributed by atoms with van der Waals surface area (Å²) in [5, 5.41) is 13.6. The van der Waals surface area contributed by atoms with Gasteiger partial charge in [0.15, 0.2) is 0 Å². The molecule has 102 valence electrons. The maximum Gasteiger partial charge on any atom is 0.324 e. The maximum absolute atomic E-state index is 12.1. The lowest BCUT2D eigenvalue weighted by Gasteiger charge is -2.44. The van der Waals surface area contributed by atoms with Crippen LogP contribution in [-0.2, 0) is 0 Å². The van der Waals surface area contributed by atoms with Gasteiger partial charge in [-0.2, -0.15) is 0 Å². The fourth-order valence-corrected chi connectivity index (χ4v) is 3.64. The molecule has 0 aliphatic carbocycles. The van der Waals surface area contributed by atoms with Crippen LogP contribution in [0.25, 0.3) is 0 Å². The number of hydrogen-bond acceptors (Lipinski definition) is 5. The number of rotatable bonds is 3. The fraction of sp³-hybridized carbons (Fsp3) is 0.583. The van der Waals surface area contributed by atoms with Crippen molar-refractivity contribution in [2.24, 2.45) is 5.92 Å². The van der Waals surface area contributed by atoms with Crippen LogP contribution in [0.5, 0.6) is 0 Å². The van der Waals surface area contributed by atoms with Crippen molar-refractivity contribution >= 4 is 22.2 Å². The summed E-state index contributed by atoms with van der Waals surface area (Å²) in [5.41, 5.74) is 0. The van der Waals surface area contributed by atoms with Gasteiger partial charge >= 0.3 is 5.00 Å². The number of piperidine rings is 3. The molecule has 3 aliphatic rings. The minimum Gasteiger partial charge on any atom is -0.347 e. The van der Waals surface area contributed by atoms with Crippen LogP contribution < -0.4 is 5.32 Å². The second kappa shape index (κ2) is 4.90. The van der Waals surface area contributed by atoms with E-state index in [1.165, 1.54) is 12.1 Å². The number of hydrogen-bond donors (Lipinski definition) is 1. The van der Waals surface area contributed by atoms with E-state index in [1.807, 2.05) is 0 Å². The summed E-state index contributed by atoms with van der Waals surface area (Å²) in [6.45, 7) is 3.16. The maximum atomic E-state index is 12.1. The monoisotopic (exact) mass is 281 g/mol. The van der Waals surface area contributed by atoms with E-state index < -0.39 is 4.92 Å². The van der Waals surface area contributed by atoms with E-state index >= 15 is 0 Å². The van der Waals surface area contributed by atoms with Gasteiger partial charge in [0.1, 0.15) is 0 Å². The van der Waals surface area contributed by atoms with E-state index in [0.29, 0.717) is 10.8 Å². The van der Waals surface area contributed by atoms with E-state index in [0.717, 1.165) is 43.8 Å². The van der Waals surface area contributed by atoms with E-state index in [2.05, 4.69) is 10.2 Å². The van der Waals surface area contributed by atoms with Gasteiger partial charge in [-0.1, -0.05) is 11.3 Å². The van der Waals surface area contributed by atoms with Crippen molar-refractivity contribution in [2.75, 3.05) is 19.6 Å². The molecule has 1 atom stereocenters. The van der Waals surface area contributed by atoms with Gasteiger partial charge in [-0.3, -0.25) is 14.9 Å². The quantitative estimate of drug-likeness (QED) is 0.672. The molecule has 2 bridgehead atoms. The lowest BCUT2D eigenvalue weighted by molar-refractivity contribution is -0.380. The summed E-state index contributed by atoms with van der Waals surface area (Å²) in [6, 6.07) is 3.10. The number of fused-ring (bicyclic) bond motifs is 3. The summed E-state index contributed by atoms with van der Waals surface area (Å²) in [6.07, 6.45) is 2.27. The third-order valence-corrected chi connectivity index (χ3v) is 5.00. The van der Waals surface area contributed by atoms with Crippen molar-refractivity contribution in [3.05, 3.63) is 27.1 Å². The highest BCUT2D eigenvalue weighted by Crippen LogP contribution is 2.28. The number of carbonyl (C=O) groups excluding carboxylic acids is 1. The standard InChI is InChI=1S/C12H15N3O3S/c16-12(10-1-2-11(19-10)15(17)18)13-9-7-14-5-3-8(9)4-6-14/h1-2,8-9H,3-7H2,(H,13,16). The molecule has 7 heteroatoms.